The highest BCUT2D eigenvalue weighted by molar-refractivity contribution is 5.42. The molecular weight excluding hydrogens is 170 g/mol. The Balaban J connectivity index is 1.94. The van der Waals surface area contributed by atoms with Crippen molar-refractivity contribution < 1.29 is 0 Å². The highest BCUT2D eigenvalue weighted by Gasteiger charge is 2.42. The fourth-order valence-electron chi connectivity index (χ4n) is 3.34. The van der Waals surface area contributed by atoms with Gasteiger partial charge in [-0.25, -0.2) is 0 Å². The van der Waals surface area contributed by atoms with E-state index in [1.807, 2.05) is 0 Å². The van der Waals surface area contributed by atoms with Crippen molar-refractivity contribution in [2.45, 2.75) is 37.6 Å². The quantitative estimate of drug-likeness (QED) is 0.750. The molecule has 1 aromatic rings. The zero-order valence-electron chi connectivity index (χ0n) is 8.66. The highest BCUT2D eigenvalue weighted by Crippen LogP contribution is 2.52. The Hall–Kier alpha value is -0.820. The normalized spacial score (nSPS) is 33.4. The summed E-state index contributed by atoms with van der Waals surface area (Å²) in [7, 11) is 0. The minimum absolute atomic E-state index is 0.750. The molecule has 1 N–H and O–H groups in total. The fraction of sp³-hybridized carbons (Fsp3) is 0.538. The average Bonchev–Trinajstić information content (AvgIpc) is 2.77. The van der Waals surface area contributed by atoms with Crippen LogP contribution in [0.2, 0.25) is 0 Å². The van der Waals surface area contributed by atoms with Gasteiger partial charge in [-0.2, -0.15) is 0 Å². The molecule has 1 aromatic carbocycles. The maximum atomic E-state index is 3.62. The van der Waals surface area contributed by atoms with Gasteiger partial charge in [-0.05, 0) is 36.4 Å². The van der Waals surface area contributed by atoms with E-state index in [4.69, 9.17) is 0 Å². The molecule has 0 spiro atoms. The van der Waals surface area contributed by atoms with Crippen LogP contribution in [-0.2, 0) is 0 Å². The lowest BCUT2D eigenvalue weighted by atomic mass is 9.88. The Kier molecular flexibility index (Phi) is 1.88. The summed E-state index contributed by atoms with van der Waals surface area (Å²) >= 11 is 0. The van der Waals surface area contributed by atoms with Crippen molar-refractivity contribution in [1.82, 2.24) is 5.32 Å². The SMILES string of the molecule is CCN[C@@H]1C[C@@H]2C[C@H]1c1ccccc12. The van der Waals surface area contributed by atoms with Crippen molar-refractivity contribution in [3.63, 3.8) is 0 Å². The van der Waals surface area contributed by atoms with Crippen LogP contribution < -0.4 is 5.32 Å². The zero-order chi connectivity index (χ0) is 9.54. The van der Waals surface area contributed by atoms with E-state index >= 15 is 0 Å². The van der Waals surface area contributed by atoms with E-state index in [1.54, 1.807) is 11.1 Å². The van der Waals surface area contributed by atoms with Crippen LogP contribution in [-0.4, -0.2) is 12.6 Å². The van der Waals surface area contributed by atoms with E-state index in [0.717, 1.165) is 24.4 Å². The number of hydrogen-bond acceptors (Lipinski definition) is 1. The van der Waals surface area contributed by atoms with Crippen LogP contribution in [0.5, 0.6) is 0 Å². The number of nitrogens with one attached hydrogen (secondary N) is 1. The molecule has 0 unspecified atom stereocenters. The van der Waals surface area contributed by atoms with Crippen molar-refractivity contribution in [2.24, 2.45) is 0 Å². The average molecular weight is 187 g/mol. The molecule has 0 saturated heterocycles. The number of rotatable bonds is 2. The van der Waals surface area contributed by atoms with E-state index in [1.165, 1.54) is 12.8 Å². The molecule has 3 atom stereocenters. The van der Waals surface area contributed by atoms with E-state index < -0.39 is 0 Å². The van der Waals surface area contributed by atoms with Gasteiger partial charge in [-0.15, -0.1) is 0 Å². The van der Waals surface area contributed by atoms with E-state index in [0.29, 0.717) is 0 Å². The molecule has 0 aliphatic heterocycles. The second-order valence-corrected chi connectivity index (χ2v) is 4.57. The molecule has 1 saturated carbocycles. The third-order valence-corrected chi connectivity index (χ3v) is 3.86. The van der Waals surface area contributed by atoms with Crippen LogP contribution >= 0.6 is 0 Å². The first-order chi connectivity index (χ1) is 6.90. The number of fused-ring (bicyclic) bond motifs is 5. The zero-order valence-corrected chi connectivity index (χ0v) is 8.66. The van der Waals surface area contributed by atoms with Gasteiger partial charge >= 0.3 is 0 Å². The Morgan fingerprint density at radius 3 is 2.79 bits per heavy atom. The van der Waals surface area contributed by atoms with Gasteiger partial charge in [0.25, 0.3) is 0 Å². The molecule has 0 amide bonds. The molecule has 1 heteroatoms. The lowest BCUT2D eigenvalue weighted by Gasteiger charge is -2.24. The Bertz CT molecular complexity index is 345. The van der Waals surface area contributed by atoms with E-state index in [9.17, 15) is 0 Å². The molecule has 74 valence electrons. The maximum absolute atomic E-state index is 3.62. The smallest absolute Gasteiger partial charge is 0.0142 e. The number of benzene rings is 1. The molecule has 14 heavy (non-hydrogen) atoms. The molecule has 0 radical (unpaired) electrons. The lowest BCUT2D eigenvalue weighted by Crippen LogP contribution is -2.32. The van der Waals surface area contributed by atoms with Crippen LogP contribution in [0.1, 0.15) is 42.7 Å². The Morgan fingerprint density at radius 1 is 1.21 bits per heavy atom. The minimum atomic E-state index is 0.750. The van der Waals surface area contributed by atoms with Gasteiger partial charge in [0.1, 0.15) is 0 Å². The van der Waals surface area contributed by atoms with Crippen LogP contribution in [0.25, 0.3) is 0 Å². The first-order valence-corrected chi connectivity index (χ1v) is 5.72. The minimum Gasteiger partial charge on any atom is -0.314 e. The van der Waals surface area contributed by atoms with Crippen molar-refractivity contribution in [1.29, 1.82) is 0 Å². The number of likely N-dealkylation sites (N-methyl/N-ethyl adjacent to an activating group) is 1. The van der Waals surface area contributed by atoms with Crippen LogP contribution in [0, 0.1) is 0 Å². The maximum Gasteiger partial charge on any atom is 0.0142 e. The van der Waals surface area contributed by atoms with Crippen molar-refractivity contribution in [2.75, 3.05) is 6.54 Å². The van der Waals surface area contributed by atoms with E-state index in [2.05, 4.69) is 36.5 Å². The fourth-order valence-corrected chi connectivity index (χ4v) is 3.34. The predicted octanol–water partition coefficient (Wildman–Crippen LogP) is 2.64. The summed E-state index contributed by atoms with van der Waals surface area (Å²) < 4.78 is 0. The number of hydrogen-bond donors (Lipinski definition) is 1. The lowest BCUT2D eigenvalue weighted by molar-refractivity contribution is 0.479. The van der Waals surface area contributed by atoms with E-state index in [-0.39, 0.29) is 0 Å². The molecule has 3 rings (SSSR count). The molecular formula is C13H17N. The van der Waals surface area contributed by atoms with Crippen molar-refractivity contribution in [3.8, 4) is 0 Å². The summed E-state index contributed by atoms with van der Waals surface area (Å²) in [6.07, 6.45) is 2.74. The molecule has 2 aliphatic carbocycles. The van der Waals surface area contributed by atoms with Gasteiger partial charge in [-0.3, -0.25) is 0 Å². The van der Waals surface area contributed by atoms with Gasteiger partial charge in [0.05, 0.1) is 0 Å². The summed E-state index contributed by atoms with van der Waals surface area (Å²) in [5, 5.41) is 3.62. The first-order valence-electron chi connectivity index (χ1n) is 5.72. The third kappa shape index (κ3) is 1.05. The molecule has 2 aliphatic rings. The van der Waals surface area contributed by atoms with Crippen molar-refractivity contribution in [3.05, 3.63) is 35.4 Å². The largest absolute Gasteiger partial charge is 0.314 e. The van der Waals surface area contributed by atoms with Gasteiger partial charge in [0, 0.05) is 12.0 Å². The molecule has 1 fully saturated rings. The monoisotopic (exact) mass is 187 g/mol. The Labute approximate surface area is 85.5 Å². The van der Waals surface area contributed by atoms with Gasteiger partial charge < -0.3 is 5.32 Å². The topological polar surface area (TPSA) is 12.0 Å². The van der Waals surface area contributed by atoms with Crippen LogP contribution in [0.4, 0.5) is 0 Å². The summed E-state index contributed by atoms with van der Waals surface area (Å²) in [6.45, 7) is 3.31. The standard InChI is InChI=1S/C13H17N/c1-2-14-13-8-9-7-12(13)11-6-4-3-5-10(9)11/h3-6,9,12-14H,2,7-8H2,1H3/t9-,12-,13+/m0/s1. The van der Waals surface area contributed by atoms with Crippen LogP contribution in [0.15, 0.2) is 24.3 Å². The summed E-state index contributed by atoms with van der Waals surface area (Å²) in [5.41, 5.74) is 3.25. The molecule has 1 nitrogen and oxygen atoms in total. The summed E-state index contributed by atoms with van der Waals surface area (Å²) in [6, 6.07) is 9.76. The first kappa shape index (κ1) is 8.49. The second-order valence-electron chi connectivity index (χ2n) is 4.57. The Morgan fingerprint density at radius 2 is 2.00 bits per heavy atom. The summed E-state index contributed by atoms with van der Waals surface area (Å²) in [4.78, 5) is 0. The highest BCUT2D eigenvalue weighted by atomic mass is 14.9. The van der Waals surface area contributed by atoms with Crippen LogP contribution in [0.3, 0.4) is 0 Å². The van der Waals surface area contributed by atoms with Gasteiger partial charge in [0.2, 0.25) is 0 Å². The van der Waals surface area contributed by atoms with Gasteiger partial charge in [-0.1, -0.05) is 31.2 Å². The van der Waals surface area contributed by atoms with Gasteiger partial charge in [0.15, 0.2) is 0 Å². The predicted molar refractivity (Wildman–Crippen MR) is 58.6 cm³/mol. The summed E-state index contributed by atoms with van der Waals surface area (Å²) in [5.74, 6) is 1.65. The third-order valence-electron chi connectivity index (χ3n) is 3.86. The molecule has 2 bridgehead atoms. The second kappa shape index (κ2) is 3.09. The van der Waals surface area contributed by atoms with Crippen molar-refractivity contribution >= 4 is 0 Å². The molecule has 0 heterocycles. The molecule has 0 aromatic heterocycles.